The van der Waals surface area contributed by atoms with Crippen LogP contribution >= 0.6 is 0 Å². The summed E-state index contributed by atoms with van der Waals surface area (Å²) in [5, 5.41) is 31.4. The molecule has 0 aromatic carbocycles. The van der Waals surface area contributed by atoms with E-state index in [9.17, 15) is 34.5 Å². The monoisotopic (exact) mass is 999 g/mol. The molecule has 0 aromatic rings. The molecule has 1 saturated heterocycles. The van der Waals surface area contributed by atoms with E-state index in [2.05, 4.69) is 75.5 Å². The molecule has 1 fully saturated rings. The van der Waals surface area contributed by atoms with E-state index in [0.717, 1.165) is 83.5 Å². The molecule has 0 spiro atoms. The molecule has 0 amide bonds. The van der Waals surface area contributed by atoms with Crippen molar-refractivity contribution in [2.75, 3.05) is 13.2 Å². The molecule has 12 heteroatoms. The van der Waals surface area contributed by atoms with Crippen molar-refractivity contribution < 1.29 is 58.2 Å². The fraction of sp³-hybridized carbons (Fsp3) is 0.729. The van der Waals surface area contributed by atoms with Crippen molar-refractivity contribution in [3.05, 3.63) is 72.9 Å². The molecule has 0 radical (unpaired) electrons. The molecule has 1 rings (SSSR count). The molecular formula is C59H98O12. The number of carbonyl (C=O) groups is 4. The first kappa shape index (κ1) is 65.2. The summed E-state index contributed by atoms with van der Waals surface area (Å²) < 4.78 is 28.2. The van der Waals surface area contributed by atoms with Gasteiger partial charge >= 0.3 is 23.9 Å². The first-order chi connectivity index (χ1) is 34.6. The number of carboxylic acids is 1. The van der Waals surface area contributed by atoms with Crippen molar-refractivity contribution >= 4 is 23.9 Å². The summed E-state index contributed by atoms with van der Waals surface area (Å²) in [6, 6.07) is 0. The van der Waals surface area contributed by atoms with Crippen molar-refractivity contribution in [2.24, 2.45) is 0 Å². The third-order valence-corrected chi connectivity index (χ3v) is 12.3. The minimum absolute atomic E-state index is 0.0150. The molecule has 71 heavy (non-hydrogen) atoms. The van der Waals surface area contributed by atoms with E-state index in [1.807, 2.05) is 12.2 Å². The average molecular weight is 999 g/mol. The molecule has 6 unspecified atom stereocenters. The molecular weight excluding hydrogens is 901 g/mol. The molecule has 1 heterocycles. The molecule has 1 aliphatic heterocycles. The lowest BCUT2D eigenvalue weighted by Gasteiger charge is -2.40. The Hall–Kier alpha value is -3.84. The SMILES string of the molecule is CC/C=C\C/C=C\C/C=C\C/C=C\C/C=C\CC(=O)OCC(COC1OC(C(=O)O)C(O)C(O)C1OC(=O)CCCCCCCCC/C=C\CCCCCCCC)OC(=O)CCCCCCCCCCC. The number of hydrogen-bond donors (Lipinski definition) is 3. The van der Waals surface area contributed by atoms with E-state index in [-0.39, 0.29) is 25.9 Å². The van der Waals surface area contributed by atoms with Crippen molar-refractivity contribution in [3.8, 4) is 0 Å². The van der Waals surface area contributed by atoms with Crippen LogP contribution in [-0.4, -0.2) is 89.2 Å². The lowest BCUT2D eigenvalue weighted by Crippen LogP contribution is -2.61. The molecule has 3 N–H and O–H groups in total. The summed E-state index contributed by atoms with van der Waals surface area (Å²) >= 11 is 0. The normalized spacial score (nSPS) is 19.0. The second-order valence-electron chi connectivity index (χ2n) is 18.9. The largest absolute Gasteiger partial charge is 0.479 e. The van der Waals surface area contributed by atoms with Crippen LogP contribution in [-0.2, 0) is 42.9 Å². The number of esters is 3. The second kappa shape index (κ2) is 47.2. The molecule has 406 valence electrons. The topological polar surface area (TPSA) is 175 Å². The standard InChI is InChI=1S/C59H98O12/c1-4-7-10-13-16-19-21-23-25-26-28-30-32-35-38-41-44-47-53(62)70-57-55(64)54(63)56(58(65)66)71-59(57)68-49-50(69-52(61)46-43-40-37-33-18-15-12-9-6-3)48-67-51(60)45-42-39-36-34-31-29-27-24-22-20-17-14-11-8-5-2/h8,11,17,20,23-25,27,31,34,39,42,50,54-57,59,63-64H,4-7,9-10,12-16,18-19,21-22,26,28-30,32-33,35-38,40-41,43-49H2,1-3H3,(H,65,66)/b11-8-,20-17-,25-23-,27-24-,34-31-,42-39-. The number of aliphatic hydroxyl groups excluding tert-OH is 2. The number of allylic oxidation sites excluding steroid dienone is 11. The zero-order valence-corrected chi connectivity index (χ0v) is 44.4. The van der Waals surface area contributed by atoms with Gasteiger partial charge in [-0.05, 0) is 70.6 Å². The third-order valence-electron chi connectivity index (χ3n) is 12.3. The Labute approximate surface area is 429 Å². The highest BCUT2D eigenvalue weighted by atomic mass is 16.7. The molecule has 1 aliphatic rings. The van der Waals surface area contributed by atoms with Gasteiger partial charge in [-0.3, -0.25) is 14.4 Å². The van der Waals surface area contributed by atoms with Crippen LogP contribution in [0.1, 0.15) is 226 Å². The van der Waals surface area contributed by atoms with E-state index in [1.54, 1.807) is 6.08 Å². The van der Waals surface area contributed by atoms with E-state index < -0.39 is 67.3 Å². The molecule has 0 aliphatic carbocycles. The fourth-order valence-electron chi connectivity index (χ4n) is 8.02. The van der Waals surface area contributed by atoms with Gasteiger partial charge < -0.3 is 39.0 Å². The maximum atomic E-state index is 13.0. The third kappa shape index (κ3) is 37.6. The summed E-state index contributed by atoms with van der Waals surface area (Å²) in [6.45, 7) is 5.74. The minimum Gasteiger partial charge on any atom is -0.479 e. The lowest BCUT2D eigenvalue weighted by atomic mass is 9.98. The summed E-state index contributed by atoms with van der Waals surface area (Å²) in [5.41, 5.74) is 0. The zero-order chi connectivity index (χ0) is 51.8. The van der Waals surface area contributed by atoms with Crippen molar-refractivity contribution in [1.29, 1.82) is 0 Å². The number of rotatable bonds is 46. The number of aliphatic carboxylic acids is 1. The predicted molar refractivity (Wildman–Crippen MR) is 285 cm³/mol. The van der Waals surface area contributed by atoms with Crippen LogP contribution in [0.25, 0.3) is 0 Å². The Morgan fingerprint density at radius 3 is 1.41 bits per heavy atom. The average Bonchev–Trinajstić information content (AvgIpc) is 3.35. The van der Waals surface area contributed by atoms with Gasteiger partial charge in [0.15, 0.2) is 24.6 Å². The summed E-state index contributed by atoms with van der Waals surface area (Å²) in [6.07, 6.45) is 46.3. The van der Waals surface area contributed by atoms with Crippen molar-refractivity contribution in [1.82, 2.24) is 0 Å². The van der Waals surface area contributed by atoms with Crippen LogP contribution in [0.15, 0.2) is 72.9 Å². The van der Waals surface area contributed by atoms with E-state index >= 15 is 0 Å². The van der Waals surface area contributed by atoms with Crippen LogP contribution in [0.2, 0.25) is 0 Å². The summed E-state index contributed by atoms with van der Waals surface area (Å²) in [5.74, 6) is -3.29. The van der Waals surface area contributed by atoms with Gasteiger partial charge in [0.25, 0.3) is 0 Å². The first-order valence-corrected chi connectivity index (χ1v) is 27.9. The van der Waals surface area contributed by atoms with Crippen LogP contribution < -0.4 is 0 Å². The van der Waals surface area contributed by atoms with Gasteiger partial charge in [0.2, 0.25) is 0 Å². The number of carboxylic acid groups (broad SMARTS) is 1. The minimum atomic E-state index is -1.91. The number of aliphatic hydroxyl groups is 2. The molecule has 6 atom stereocenters. The van der Waals surface area contributed by atoms with Crippen LogP contribution in [0.4, 0.5) is 0 Å². The summed E-state index contributed by atoms with van der Waals surface area (Å²) in [7, 11) is 0. The maximum Gasteiger partial charge on any atom is 0.335 e. The quantitative estimate of drug-likeness (QED) is 0.0228. The fourth-order valence-corrected chi connectivity index (χ4v) is 8.02. The first-order valence-electron chi connectivity index (χ1n) is 27.9. The van der Waals surface area contributed by atoms with Gasteiger partial charge in [0, 0.05) is 12.8 Å². The lowest BCUT2D eigenvalue weighted by molar-refractivity contribution is -0.301. The second-order valence-corrected chi connectivity index (χ2v) is 18.9. The van der Waals surface area contributed by atoms with E-state index in [0.29, 0.717) is 19.3 Å². The Morgan fingerprint density at radius 1 is 0.493 bits per heavy atom. The molecule has 12 nitrogen and oxygen atoms in total. The maximum absolute atomic E-state index is 13.0. The molecule has 0 bridgehead atoms. The predicted octanol–water partition coefficient (Wildman–Crippen LogP) is 13.8. The van der Waals surface area contributed by atoms with Gasteiger partial charge in [-0.15, -0.1) is 0 Å². The van der Waals surface area contributed by atoms with Gasteiger partial charge in [-0.2, -0.15) is 0 Å². The Bertz CT molecular complexity index is 1510. The molecule has 0 saturated carbocycles. The van der Waals surface area contributed by atoms with E-state index in [1.165, 1.54) is 83.5 Å². The molecule has 0 aromatic heterocycles. The Kier molecular flexibility index (Phi) is 43.3. The van der Waals surface area contributed by atoms with Gasteiger partial charge in [-0.1, -0.05) is 209 Å². The Balaban J connectivity index is 2.72. The number of carbonyl (C=O) groups excluding carboxylic acids is 3. The van der Waals surface area contributed by atoms with Crippen LogP contribution in [0.3, 0.4) is 0 Å². The Morgan fingerprint density at radius 2 is 0.930 bits per heavy atom. The smallest absolute Gasteiger partial charge is 0.335 e. The highest BCUT2D eigenvalue weighted by molar-refractivity contribution is 5.74. The highest BCUT2D eigenvalue weighted by Crippen LogP contribution is 2.26. The number of ether oxygens (including phenoxy) is 5. The summed E-state index contributed by atoms with van der Waals surface area (Å²) in [4.78, 5) is 50.8. The number of unbranched alkanes of at least 4 members (excludes halogenated alkanes) is 21. The van der Waals surface area contributed by atoms with Crippen molar-refractivity contribution in [3.63, 3.8) is 0 Å². The number of hydrogen-bond acceptors (Lipinski definition) is 11. The highest BCUT2D eigenvalue weighted by Gasteiger charge is 2.50. The van der Waals surface area contributed by atoms with Crippen LogP contribution in [0.5, 0.6) is 0 Å². The van der Waals surface area contributed by atoms with Gasteiger partial charge in [0.1, 0.15) is 18.8 Å². The van der Waals surface area contributed by atoms with Gasteiger partial charge in [0.05, 0.1) is 13.0 Å². The van der Waals surface area contributed by atoms with Crippen molar-refractivity contribution in [2.45, 2.75) is 263 Å². The van der Waals surface area contributed by atoms with E-state index in [4.69, 9.17) is 23.7 Å². The zero-order valence-electron chi connectivity index (χ0n) is 44.4. The van der Waals surface area contributed by atoms with Gasteiger partial charge in [-0.25, -0.2) is 4.79 Å². The van der Waals surface area contributed by atoms with Crippen LogP contribution in [0, 0.1) is 0 Å².